The number of carbonyl (C=O) groups excluding carboxylic acids is 1. The Balaban J connectivity index is 1.80. The molecule has 2 aromatic heterocycles. The number of aromatic nitrogens is 3. The summed E-state index contributed by atoms with van der Waals surface area (Å²) in [6.45, 7) is 5.52. The highest BCUT2D eigenvalue weighted by Crippen LogP contribution is 2.32. The number of benzene rings is 1. The zero-order chi connectivity index (χ0) is 20.6. The second-order valence-electron chi connectivity index (χ2n) is 8.01. The minimum Gasteiger partial charge on any atom is -0.334 e. The third-order valence-corrected chi connectivity index (χ3v) is 5.68. The number of hydrogen-bond acceptors (Lipinski definition) is 5. The van der Waals surface area contributed by atoms with Gasteiger partial charge in [0.1, 0.15) is 4.47 Å². The standard InChI is InChI=1S/C22H21BrN4O2/c1-22(2)13-26(12-17(28)15-6-4-3-5-7-15)21-25-19(16-8-10-24-11-9-16)18(23)20(29)27(21)14-22/h3-11H,12-14H2,1-2H3. The van der Waals surface area contributed by atoms with E-state index in [1.54, 1.807) is 17.0 Å². The number of fused-ring (bicyclic) bond motifs is 1. The number of hydrogen-bond donors (Lipinski definition) is 0. The zero-order valence-corrected chi connectivity index (χ0v) is 17.9. The Kier molecular flexibility index (Phi) is 5.08. The summed E-state index contributed by atoms with van der Waals surface area (Å²) in [5.74, 6) is 0.520. The molecule has 29 heavy (non-hydrogen) atoms. The van der Waals surface area contributed by atoms with Gasteiger partial charge in [-0.2, -0.15) is 0 Å². The number of carbonyl (C=O) groups is 1. The molecule has 148 valence electrons. The number of anilines is 1. The molecule has 0 amide bonds. The number of ketones is 1. The predicted molar refractivity (Wildman–Crippen MR) is 116 cm³/mol. The van der Waals surface area contributed by atoms with E-state index in [0.29, 0.717) is 34.8 Å². The average molecular weight is 453 g/mol. The lowest BCUT2D eigenvalue weighted by Crippen LogP contribution is -2.49. The van der Waals surface area contributed by atoms with Gasteiger partial charge in [0.15, 0.2) is 5.78 Å². The van der Waals surface area contributed by atoms with Crippen LogP contribution in [0.2, 0.25) is 0 Å². The van der Waals surface area contributed by atoms with Crippen molar-refractivity contribution < 1.29 is 4.79 Å². The summed E-state index contributed by atoms with van der Waals surface area (Å²) in [7, 11) is 0. The van der Waals surface area contributed by atoms with Gasteiger partial charge >= 0.3 is 0 Å². The first kappa shape index (κ1) is 19.5. The van der Waals surface area contributed by atoms with Crippen LogP contribution in [0.25, 0.3) is 11.3 Å². The van der Waals surface area contributed by atoms with Crippen molar-refractivity contribution in [3.8, 4) is 11.3 Å². The van der Waals surface area contributed by atoms with E-state index in [1.807, 2.05) is 47.4 Å². The third-order valence-electron chi connectivity index (χ3n) is 4.97. The fourth-order valence-corrected chi connectivity index (χ4v) is 4.22. The molecule has 0 radical (unpaired) electrons. The lowest BCUT2D eigenvalue weighted by atomic mass is 9.90. The molecular formula is C22H21BrN4O2. The Bertz CT molecular complexity index is 1110. The normalized spacial score (nSPS) is 15.1. The van der Waals surface area contributed by atoms with Gasteiger partial charge in [0.05, 0.1) is 12.2 Å². The van der Waals surface area contributed by atoms with Crippen LogP contribution in [-0.2, 0) is 6.54 Å². The maximum atomic E-state index is 13.1. The minimum absolute atomic E-state index is 0.00233. The van der Waals surface area contributed by atoms with Crippen LogP contribution < -0.4 is 10.5 Å². The highest BCUT2D eigenvalue weighted by atomic mass is 79.9. The number of halogens is 1. The summed E-state index contributed by atoms with van der Waals surface area (Å²) < 4.78 is 2.08. The molecule has 0 fully saturated rings. The van der Waals surface area contributed by atoms with Gasteiger partial charge < -0.3 is 4.90 Å². The van der Waals surface area contributed by atoms with E-state index in [1.165, 1.54) is 0 Å². The van der Waals surface area contributed by atoms with Crippen molar-refractivity contribution in [3.05, 3.63) is 75.2 Å². The van der Waals surface area contributed by atoms with E-state index < -0.39 is 0 Å². The van der Waals surface area contributed by atoms with Gasteiger partial charge in [0, 0.05) is 42.0 Å². The van der Waals surface area contributed by atoms with Crippen LogP contribution in [0.3, 0.4) is 0 Å². The Morgan fingerprint density at radius 2 is 1.79 bits per heavy atom. The second-order valence-corrected chi connectivity index (χ2v) is 8.80. The molecule has 1 aliphatic rings. The number of nitrogens with zero attached hydrogens (tertiary/aromatic N) is 4. The van der Waals surface area contributed by atoms with E-state index in [0.717, 1.165) is 5.56 Å². The van der Waals surface area contributed by atoms with E-state index >= 15 is 0 Å². The van der Waals surface area contributed by atoms with E-state index in [2.05, 4.69) is 34.8 Å². The van der Waals surface area contributed by atoms with Crippen molar-refractivity contribution >= 4 is 27.7 Å². The van der Waals surface area contributed by atoms with Crippen molar-refractivity contribution in [1.29, 1.82) is 0 Å². The van der Waals surface area contributed by atoms with Gasteiger partial charge in [-0.15, -0.1) is 0 Å². The SMILES string of the molecule is CC1(C)CN(CC(=O)c2ccccc2)c2nc(-c3ccncc3)c(Br)c(=O)n2C1. The first-order valence-corrected chi connectivity index (χ1v) is 10.2. The maximum absolute atomic E-state index is 13.1. The lowest BCUT2D eigenvalue weighted by Gasteiger charge is -2.40. The molecule has 0 bridgehead atoms. The number of Topliss-reactive ketones (excluding diaryl/α,β-unsaturated/α-hetero) is 1. The summed E-state index contributed by atoms with van der Waals surface area (Å²) in [4.78, 5) is 36.8. The molecule has 7 heteroatoms. The summed E-state index contributed by atoms with van der Waals surface area (Å²) in [6, 6.07) is 12.8. The first-order chi connectivity index (χ1) is 13.9. The molecule has 4 rings (SSSR count). The zero-order valence-electron chi connectivity index (χ0n) is 16.3. The summed E-state index contributed by atoms with van der Waals surface area (Å²) >= 11 is 3.44. The monoisotopic (exact) mass is 452 g/mol. The van der Waals surface area contributed by atoms with Gasteiger partial charge in [0.2, 0.25) is 5.95 Å². The predicted octanol–water partition coefficient (Wildman–Crippen LogP) is 3.80. The highest BCUT2D eigenvalue weighted by Gasteiger charge is 2.34. The van der Waals surface area contributed by atoms with E-state index in [-0.39, 0.29) is 23.3 Å². The van der Waals surface area contributed by atoms with Crippen molar-refractivity contribution in [3.63, 3.8) is 0 Å². The Labute approximate surface area is 177 Å². The van der Waals surface area contributed by atoms with Crippen LogP contribution in [0.4, 0.5) is 5.95 Å². The molecule has 6 nitrogen and oxygen atoms in total. The topological polar surface area (TPSA) is 68.1 Å². The van der Waals surface area contributed by atoms with Gasteiger partial charge in [-0.05, 0) is 28.1 Å². The van der Waals surface area contributed by atoms with E-state index in [9.17, 15) is 9.59 Å². The average Bonchev–Trinajstić information content (AvgIpc) is 2.72. The Morgan fingerprint density at radius 3 is 2.48 bits per heavy atom. The van der Waals surface area contributed by atoms with Crippen molar-refractivity contribution in [1.82, 2.24) is 14.5 Å². The molecule has 1 aliphatic heterocycles. The third kappa shape index (κ3) is 3.87. The fourth-order valence-electron chi connectivity index (χ4n) is 3.69. The van der Waals surface area contributed by atoms with Crippen molar-refractivity contribution in [2.75, 3.05) is 18.0 Å². The van der Waals surface area contributed by atoms with Gasteiger partial charge in [-0.1, -0.05) is 44.2 Å². The van der Waals surface area contributed by atoms with Crippen molar-refractivity contribution in [2.45, 2.75) is 20.4 Å². The Morgan fingerprint density at radius 1 is 1.10 bits per heavy atom. The second kappa shape index (κ2) is 7.55. The van der Waals surface area contributed by atoms with Crippen LogP contribution in [0.15, 0.2) is 64.1 Å². The van der Waals surface area contributed by atoms with Gasteiger partial charge in [0.25, 0.3) is 5.56 Å². The van der Waals surface area contributed by atoms with Crippen LogP contribution >= 0.6 is 15.9 Å². The fraction of sp³-hybridized carbons (Fsp3) is 0.273. The lowest BCUT2D eigenvalue weighted by molar-refractivity contribution is 0.0993. The quantitative estimate of drug-likeness (QED) is 0.563. The molecule has 0 saturated carbocycles. The summed E-state index contributed by atoms with van der Waals surface area (Å²) in [5, 5.41) is 0. The minimum atomic E-state index is -0.174. The number of rotatable bonds is 4. The van der Waals surface area contributed by atoms with Gasteiger partial charge in [-0.25, -0.2) is 4.98 Å². The largest absolute Gasteiger partial charge is 0.334 e. The summed E-state index contributed by atoms with van der Waals surface area (Å²) in [5.41, 5.74) is 1.68. The smallest absolute Gasteiger partial charge is 0.269 e. The molecule has 0 saturated heterocycles. The molecule has 0 spiro atoms. The first-order valence-electron chi connectivity index (χ1n) is 9.40. The summed E-state index contributed by atoms with van der Waals surface area (Å²) in [6.07, 6.45) is 3.33. The van der Waals surface area contributed by atoms with Crippen LogP contribution in [0.1, 0.15) is 24.2 Å². The molecule has 0 unspecified atom stereocenters. The van der Waals surface area contributed by atoms with Crippen LogP contribution in [-0.4, -0.2) is 33.4 Å². The molecule has 3 heterocycles. The molecule has 1 aromatic carbocycles. The maximum Gasteiger partial charge on any atom is 0.269 e. The molecular weight excluding hydrogens is 432 g/mol. The van der Waals surface area contributed by atoms with E-state index in [4.69, 9.17) is 4.98 Å². The van der Waals surface area contributed by atoms with Gasteiger partial charge in [-0.3, -0.25) is 19.1 Å². The van der Waals surface area contributed by atoms with Crippen LogP contribution in [0.5, 0.6) is 0 Å². The molecule has 0 atom stereocenters. The molecule has 0 aliphatic carbocycles. The number of pyridine rings is 1. The molecule has 0 N–H and O–H groups in total. The molecule has 3 aromatic rings. The Hall–Kier alpha value is -2.80. The van der Waals surface area contributed by atoms with Crippen molar-refractivity contribution in [2.24, 2.45) is 5.41 Å². The van der Waals surface area contributed by atoms with Crippen LogP contribution in [0, 0.1) is 5.41 Å². The highest BCUT2D eigenvalue weighted by molar-refractivity contribution is 9.10.